The summed E-state index contributed by atoms with van der Waals surface area (Å²) >= 11 is 1.95. The van der Waals surface area contributed by atoms with Gasteiger partial charge in [-0.15, -0.1) is 0 Å². The standard InChI is InChI=1S/C8H21NO2SSi/c10-4-2-9-3-6-12-5-1-7-13-8-11/h9-11H,1-8,13H2. The highest BCUT2D eigenvalue weighted by molar-refractivity contribution is 7.99. The number of aliphatic hydroxyl groups is 2. The van der Waals surface area contributed by atoms with Crippen LogP contribution in [-0.4, -0.2) is 57.2 Å². The van der Waals surface area contributed by atoms with Gasteiger partial charge in [0.2, 0.25) is 0 Å². The minimum absolute atomic E-state index is 0.132. The van der Waals surface area contributed by atoms with E-state index in [9.17, 15) is 0 Å². The molecule has 0 saturated carbocycles. The van der Waals surface area contributed by atoms with E-state index in [2.05, 4.69) is 5.32 Å². The maximum Gasteiger partial charge on any atom is 0.0555 e. The minimum atomic E-state index is -0.132. The van der Waals surface area contributed by atoms with Crippen LogP contribution in [0.25, 0.3) is 0 Å². The number of aliphatic hydroxyl groups excluding tert-OH is 2. The van der Waals surface area contributed by atoms with E-state index in [0.717, 1.165) is 12.3 Å². The van der Waals surface area contributed by atoms with Crippen LogP contribution in [0.3, 0.4) is 0 Å². The van der Waals surface area contributed by atoms with E-state index in [1.54, 1.807) is 0 Å². The zero-order valence-corrected chi connectivity index (χ0v) is 10.4. The van der Waals surface area contributed by atoms with E-state index in [1.165, 1.54) is 18.2 Å². The molecule has 0 amide bonds. The van der Waals surface area contributed by atoms with Gasteiger partial charge in [0.15, 0.2) is 0 Å². The first-order chi connectivity index (χ1) is 6.41. The number of hydrogen-bond acceptors (Lipinski definition) is 4. The summed E-state index contributed by atoms with van der Waals surface area (Å²) in [6.07, 6.45) is 1.72. The van der Waals surface area contributed by atoms with E-state index in [1.807, 2.05) is 11.8 Å². The zero-order chi connectivity index (χ0) is 9.78. The average Bonchev–Trinajstić information content (AvgIpc) is 2.16. The van der Waals surface area contributed by atoms with Crippen LogP contribution in [0.15, 0.2) is 0 Å². The Kier molecular flexibility index (Phi) is 12.9. The third-order valence-corrected chi connectivity index (χ3v) is 4.04. The van der Waals surface area contributed by atoms with Crippen molar-refractivity contribution in [1.82, 2.24) is 5.32 Å². The Morgan fingerprint density at radius 3 is 2.69 bits per heavy atom. The second-order valence-electron chi connectivity index (χ2n) is 2.87. The Morgan fingerprint density at radius 2 is 2.00 bits per heavy atom. The van der Waals surface area contributed by atoms with Crippen molar-refractivity contribution >= 4 is 21.3 Å². The van der Waals surface area contributed by atoms with E-state index < -0.39 is 0 Å². The first kappa shape index (κ1) is 13.4. The number of rotatable bonds is 10. The molecular weight excluding hydrogens is 202 g/mol. The van der Waals surface area contributed by atoms with Crippen LogP contribution in [-0.2, 0) is 0 Å². The molecule has 0 aromatic rings. The summed E-state index contributed by atoms with van der Waals surface area (Å²) in [5.74, 6) is 2.34. The second-order valence-corrected chi connectivity index (χ2v) is 5.96. The lowest BCUT2D eigenvalue weighted by atomic mass is 10.6. The summed E-state index contributed by atoms with van der Waals surface area (Å²) in [5.41, 5.74) is 0. The van der Waals surface area contributed by atoms with Crippen molar-refractivity contribution in [2.45, 2.75) is 12.5 Å². The zero-order valence-electron chi connectivity index (χ0n) is 8.17. The lowest BCUT2D eigenvalue weighted by molar-refractivity contribution is 0.294. The molecule has 0 unspecified atom stereocenters. The van der Waals surface area contributed by atoms with Gasteiger partial charge in [0.1, 0.15) is 0 Å². The molecule has 3 nitrogen and oxygen atoms in total. The number of hydrogen-bond donors (Lipinski definition) is 3. The third kappa shape index (κ3) is 12.4. The summed E-state index contributed by atoms with van der Waals surface area (Å²) in [6.45, 7) is 1.92. The van der Waals surface area contributed by atoms with E-state index >= 15 is 0 Å². The van der Waals surface area contributed by atoms with Gasteiger partial charge in [0.05, 0.1) is 16.1 Å². The first-order valence-electron chi connectivity index (χ1n) is 4.92. The maximum absolute atomic E-state index is 8.59. The molecule has 0 aliphatic rings. The Hall–Kier alpha value is 0.447. The molecule has 0 heterocycles. The largest absolute Gasteiger partial charge is 0.400 e. The summed E-state index contributed by atoms with van der Waals surface area (Å²) < 4.78 is 0. The number of nitrogens with one attached hydrogen (secondary N) is 1. The van der Waals surface area contributed by atoms with E-state index in [-0.39, 0.29) is 16.1 Å². The van der Waals surface area contributed by atoms with Gasteiger partial charge in [-0.3, -0.25) is 0 Å². The molecule has 5 heteroatoms. The van der Waals surface area contributed by atoms with Gasteiger partial charge < -0.3 is 15.5 Å². The predicted octanol–water partition coefficient (Wildman–Crippen LogP) is -0.772. The molecule has 0 saturated heterocycles. The lowest BCUT2D eigenvalue weighted by Gasteiger charge is -2.02. The highest BCUT2D eigenvalue weighted by atomic mass is 32.2. The van der Waals surface area contributed by atoms with Gasteiger partial charge in [0.25, 0.3) is 0 Å². The molecule has 0 fully saturated rings. The summed E-state index contributed by atoms with van der Waals surface area (Å²) in [5, 5.41) is 20.2. The lowest BCUT2D eigenvalue weighted by Crippen LogP contribution is -2.20. The van der Waals surface area contributed by atoms with Gasteiger partial charge in [-0.1, -0.05) is 6.04 Å². The van der Waals surface area contributed by atoms with E-state index in [0.29, 0.717) is 12.8 Å². The molecule has 0 aliphatic carbocycles. The average molecular weight is 223 g/mol. The molecule has 13 heavy (non-hydrogen) atoms. The second kappa shape index (κ2) is 12.4. The number of thioether (sulfide) groups is 1. The highest BCUT2D eigenvalue weighted by Gasteiger charge is 1.90. The molecule has 0 rings (SSSR count). The van der Waals surface area contributed by atoms with Crippen LogP contribution >= 0.6 is 11.8 Å². The normalized spacial score (nSPS) is 11.5. The van der Waals surface area contributed by atoms with Gasteiger partial charge in [-0.05, 0) is 12.2 Å². The van der Waals surface area contributed by atoms with Crippen LogP contribution in [0.4, 0.5) is 0 Å². The Bertz CT molecular complexity index is 88.2. The summed E-state index contributed by atoms with van der Waals surface area (Å²) in [4.78, 5) is 0. The Labute approximate surface area is 87.1 Å². The maximum atomic E-state index is 8.59. The fraction of sp³-hybridized carbons (Fsp3) is 1.00. The van der Waals surface area contributed by atoms with Gasteiger partial charge in [-0.25, -0.2) is 0 Å². The van der Waals surface area contributed by atoms with Crippen molar-refractivity contribution in [2.24, 2.45) is 0 Å². The van der Waals surface area contributed by atoms with Gasteiger partial charge >= 0.3 is 0 Å². The van der Waals surface area contributed by atoms with Crippen molar-refractivity contribution in [1.29, 1.82) is 0 Å². The first-order valence-corrected chi connectivity index (χ1v) is 8.07. The fourth-order valence-electron chi connectivity index (χ4n) is 0.943. The molecule has 80 valence electrons. The molecule has 0 radical (unpaired) electrons. The van der Waals surface area contributed by atoms with Crippen molar-refractivity contribution in [3.05, 3.63) is 0 Å². The molecule has 0 aromatic heterocycles. The van der Waals surface area contributed by atoms with E-state index in [4.69, 9.17) is 10.2 Å². The monoisotopic (exact) mass is 223 g/mol. The van der Waals surface area contributed by atoms with Crippen molar-refractivity contribution in [2.75, 3.05) is 37.4 Å². The van der Waals surface area contributed by atoms with Crippen LogP contribution in [0.1, 0.15) is 6.42 Å². The predicted molar refractivity (Wildman–Crippen MR) is 62.3 cm³/mol. The Morgan fingerprint density at radius 1 is 1.15 bits per heavy atom. The topological polar surface area (TPSA) is 52.5 Å². The van der Waals surface area contributed by atoms with Crippen LogP contribution in [0, 0.1) is 0 Å². The minimum Gasteiger partial charge on any atom is -0.400 e. The summed E-state index contributed by atoms with van der Waals surface area (Å²) in [7, 11) is -0.132. The molecule has 3 N–H and O–H groups in total. The molecule has 0 atom stereocenters. The molecule has 0 bridgehead atoms. The smallest absolute Gasteiger partial charge is 0.0555 e. The van der Waals surface area contributed by atoms with Gasteiger partial charge in [0, 0.05) is 25.1 Å². The van der Waals surface area contributed by atoms with Crippen molar-refractivity contribution in [3.63, 3.8) is 0 Å². The van der Waals surface area contributed by atoms with Crippen LogP contribution in [0.5, 0.6) is 0 Å². The summed E-state index contributed by atoms with van der Waals surface area (Å²) in [6, 6.07) is 1.27. The van der Waals surface area contributed by atoms with Crippen LogP contribution < -0.4 is 5.32 Å². The molecular formula is C8H21NO2SSi. The van der Waals surface area contributed by atoms with Crippen molar-refractivity contribution in [3.8, 4) is 0 Å². The molecule has 0 spiro atoms. The van der Waals surface area contributed by atoms with Crippen molar-refractivity contribution < 1.29 is 10.2 Å². The quantitative estimate of drug-likeness (QED) is 0.336. The SMILES string of the molecule is OCCNCCSCCC[SiH2]CO. The highest BCUT2D eigenvalue weighted by Crippen LogP contribution is 2.03. The fourth-order valence-corrected chi connectivity index (χ4v) is 3.03. The Balaban J connectivity index is 2.76. The molecule has 0 aromatic carbocycles. The van der Waals surface area contributed by atoms with Gasteiger partial charge in [-0.2, -0.15) is 11.8 Å². The third-order valence-electron chi connectivity index (χ3n) is 1.66. The molecule has 0 aliphatic heterocycles. The van der Waals surface area contributed by atoms with Crippen LogP contribution in [0.2, 0.25) is 6.04 Å².